The minimum absolute atomic E-state index is 0.0775. The van der Waals surface area contributed by atoms with Crippen molar-refractivity contribution in [1.29, 1.82) is 0 Å². The molecule has 29 heavy (non-hydrogen) atoms. The molecule has 0 fully saturated rings. The number of hydrogen-bond acceptors (Lipinski definition) is 4. The summed E-state index contributed by atoms with van der Waals surface area (Å²) >= 11 is 1.31. The second kappa shape index (κ2) is 9.31. The molecule has 7 heteroatoms. The Hall–Kier alpha value is -2.54. The van der Waals surface area contributed by atoms with Crippen LogP contribution in [0.3, 0.4) is 0 Å². The van der Waals surface area contributed by atoms with Gasteiger partial charge in [0.05, 0.1) is 11.3 Å². The van der Waals surface area contributed by atoms with Gasteiger partial charge in [-0.3, -0.25) is 14.2 Å². The number of amides is 1. The molecule has 0 saturated heterocycles. The number of hydrogen-bond donors (Lipinski definition) is 2. The molecule has 6 nitrogen and oxygen atoms in total. The monoisotopic (exact) mass is 412 g/mol. The normalized spacial score (nSPS) is 11.3. The molecule has 0 unspecified atom stereocenters. The lowest BCUT2D eigenvalue weighted by Gasteiger charge is -2.13. The van der Waals surface area contributed by atoms with Gasteiger partial charge >= 0.3 is 0 Å². The van der Waals surface area contributed by atoms with E-state index in [1.165, 1.54) is 17.3 Å². The predicted molar refractivity (Wildman–Crippen MR) is 118 cm³/mol. The number of aromatic nitrogens is 3. The van der Waals surface area contributed by atoms with Crippen molar-refractivity contribution >= 4 is 28.7 Å². The van der Waals surface area contributed by atoms with Gasteiger partial charge in [-0.25, -0.2) is 4.98 Å². The molecule has 3 rings (SSSR count). The molecule has 2 N–H and O–H groups in total. The number of thioether (sulfide) groups is 1. The number of fused-ring (bicyclic) bond motifs is 1. The van der Waals surface area contributed by atoms with Crippen LogP contribution in [0.1, 0.15) is 37.1 Å². The molecular formula is C22H28N4O2S. The van der Waals surface area contributed by atoms with E-state index in [0.717, 1.165) is 17.7 Å². The Bertz CT molecular complexity index is 1050. The van der Waals surface area contributed by atoms with Crippen molar-refractivity contribution < 1.29 is 4.79 Å². The second-order valence-electron chi connectivity index (χ2n) is 7.80. The highest BCUT2D eigenvalue weighted by molar-refractivity contribution is 7.99. The highest BCUT2D eigenvalue weighted by atomic mass is 32.2. The molecular weight excluding hydrogens is 384 g/mol. The molecule has 3 aromatic rings. The quantitative estimate of drug-likeness (QED) is 0.436. The molecule has 0 aliphatic heterocycles. The molecule has 0 bridgehead atoms. The van der Waals surface area contributed by atoms with Crippen LogP contribution in [0.4, 0.5) is 0 Å². The summed E-state index contributed by atoms with van der Waals surface area (Å²) in [5.41, 5.74) is 4.25. The standard InChI is InChI=1S/C22H28N4O2S/c1-14(2)9-10-26-21(28)20-18(11-16(4)24-20)25-22(26)29-13-19(27)23-12-17-7-5-15(3)6-8-17/h5-8,11,14,24H,9-10,12-13H2,1-4H3,(H,23,27). The SMILES string of the molecule is Cc1ccc(CNC(=O)CSc2nc3cc(C)[nH]c3c(=O)n2CCC(C)C)cc1. The molecule has 1 aromatic carbocycles. The Morgan fingerprint density at radius 1 is 1.24 bits per heavy atom. The molecule has 1 amide bonds. The van der Waals surface area contributed by atoms with Crippen molar-refractivity contribution in [1.82, 2.24) is 19.9 Å². The zero-order chi connectivity index (χ0) is 21.0. The zero-order valence-corrected chi connectivity index (χ0v) is 18.2. The number of carbonyl (C=O) groups is 1. The molecule has 2 aromatic heterocycles. The maximum Gasteiger partial charge on any atom is 0.278 e. The zero-order valence-electron chi connectivity index (χ0n) is 17.4. The van der Waals surface area contributed by atoms with E-state index in [1.54, 1.807) is 4.57 Å². The van der Waals surface area contributed by atoms with Crippen LogP contribution in [-0.4, -0.2) is 26.2 Å². The number of aromatic amines is 1. The van der Waals surface area contributed by atoms with E-state index in [9.17, 15) is 9.59 Å². The van der Waals surface area contributed by atoms with Crippen LogP contribution in [0.15, 0.2) is 40.3 Å². The molecule has 0 aliphatic carbocycles. The Morgan fingerprint density at radius 2 is 1.97 bits per heavy atom. The molecule has 0 atom stereocenters. The number of aryl methyl sites for hydroxylation is 2. The van der Waals surface area contributed by atoms with Crippen molar-refractivity contribution in [3.05, 3.63) is 57.5 Å². The van der Waals surface area contributed by atoms with Crippen LogP contribution >= 0.6 is 11.8 Å². The number of carbonyl (C=O) groups excluding carboxylic acids is 1. The van der Waals surface area contributed by atoms with Gasteiger partial charge in [0.2, 0.25) is 5.91 Å². The summed E-state index contributed by atoms with van der Waals surface area (Å²) in [6.07, 6.45) is 0.875. The van der Waals surface area contributed by atoms with Crippen LogP contribution < -0.4 is 10.9 Å². The van der Waals surface area contributed by atoms with Crippen LogP contribution in [0.5, 0.6) is 0 Å². The third-order valence-corrected chi connectivity index (χ3v) is 5.69. The third-order valence-electron chi connectivity index (χ3n) is 4.71. The first kappa shape index (κ1) is 21.2. The van der Waals surface area contributed by atoms with Gasteiger partial charge in [0.1, 0.15) is 5.52 Å². The van der Waals surface area contributed by atoms with Crippen molar-refractivity contribution in [2.24, 2.45) is 5.92 Å². The number of H-pyrrole nitrogens is 1. The van der Waals surface area contributed by atoms with E-state index in [4.69, 9.17) is 0 Å². The van der Waals surface area contributed by atoms with Crippen molar-refractivity contribution in [3.8, 4) is 0 Å². The van der Waals surface area contributed by atoms with Gasteiger partial charge in [-0.1, -0.05) is 55.4 Å². The fourth-order valence-electron chi connectivity index (χ4n) is 2.99. The average molecular weight is 413 g/mol. The molecule has 0 saturated carbocycles. The predicted octanol–water partition coefficient (Wildman–Crippen LogP) is 3.80. The molecule has 0 aliphatic rings. The summed E-state index contributed by atoms with van der Waals surface area (Å²) in [6, 6.07) is 9.94. The fraction of sp³-hybridized carbons (Fsp3) is 0.409. The van der Waals surface area contributed by atoms with Crippen molar-refractivity contribution in [2.45, 2.75) is 52.4 Å². The lowest BCUT2D eigenvalue weighted by atomic mass is 10.1. The number of nitrogens with zero attached hydrogens (tertiary/aromatic N) is 2. The summed E-state index contributed by atoms with van der Waals surface area (Å²) in [5, 5.41) is 3.52. The van der Waals surface area contributed by atoms with Crippen LogP contribution in [-0.2, 0) is 17.9 Å². The molecule has 154 valence electrons. The van der Waals surface area contributed by atoms with E-state index in [1.807, 2.05) is 44.2 Å². The lowest BCUT2D eigenvalue weighted by Crippen LogP contribution is -2.27. The number of rotatable bonds is 8. The summed E-state index contributed by atoms with van der Waals surface area (Å²) in [5.74, 6) is 0.610. The van der Waals surface area contributed by atoms with Crippen LogP contribution in [0, 0.1) is 19.8 Å². The summed E-state index contributed by atoms with van der Waals surface area (Å²) in [6.45, 7) is 9.27. The van der Waals surface area contributed by atoms with Gasteiger partial charge in [-0.2, -0.15) is 0 Å². The summed E-state index contributed by atoms with van der Waals surface area (Å²) < 4.78 is 1.69. The highest BCUT2D eigenvalue weighted by Gasteiger charge is 2.15. The Labute approximate surface area is 175 Å². The first-order valence-electron chi connectivity index (χ1n) is 9.88. The summed E-state index contributed by atoms with van der Waals surface area (Å²) in [7, 11) is 0. The van der Waals surface area contributed by atoms with E-state index >= 15 is 0 Å². The highest BCUT2D eigenvalue weighted by Crippen LogP contribution is 2.19. The molecule has 2 heterocycles. The van der Waals surface area contributed by atoms with Gasteiger partial charge < -0.3 is 10.3 Å². The largest absolute Gasteiger partial charge is 0.353 e. The fourth-order valence-corrected chi connectivity index (χ4v) is 3.85. The first-order chi connectivity index (χ1) is 13.8. The Morgan fingerprint density at radius 3 is 2.66 bits per heavy atom. The van der Waals surface area contributed by atoms with Gasteiger partial charge in [0.25, 0.3) is 5.56 Å². The first-order valence-corrected chi connectivity index (χ1v) is 10.9. The van der Waals surface area contributed by atoms with Gasteiger partial charge in [0, 0.05) is 18.8 Å². The van der Waals surface area contributed by atoms with E-state index in [0.29, 0.717) is 35.2 Å². The van der Waals surface area contributed by atoms with Crippen LogP contribution in [0.25, 0.3) is 11.0 Å². The average Bonchev–Trinajstić information content (AvgIpc) is 3.05. The smallest absolute Gasteiger partial charge is 0.278 e. The summed E-state index contributed by atoms with van der Waals surface area (Å²) in [4.78, 5) is 33.0. The van der Waals surface area contributed by atoms with Crippen LogP contribution in [0.2, 0.25) is 0 Å². The van der Waals surface area contributed by atoms with Crippen molar-refractivity contribution in [2.75, 3.05) is 5.75 Å². The van der Waals surface area contributed by atoms with Crippen molar-refractivity contribution in [3.63, 3.8) is 0 Å². The third kappa shape index (κ3) is 5.50. The maximum absolute atomic E-state index is 12.9. The van der Waals surface area contributed by atoms with Gasteiger partial charge in [-0.15, -0.1) is 0 Å². The Kier molecular flexibility index (Phi) is 6.79. The van der Waals surface area contributed by atoms with E-state index in [-0.39, 0.29) is 17.2 Å². The van der Waals surface area contributed by atoms with Gasteiger partial charge in [0.15, 0.2) is 5.16 Å². The second-order valence-corrected chi connectivity index (χ2v) is 8.74. The minimum atomic E-state index is -0.0782. The Balaban J connectivity index is 1.71. The lowest BCUT2D eigenvalue weighted by molar-refractivity contribution is -0.118. The topological polar surface area (TPSA) is 79.8 Å². The maximum atomic E-state index is 12.9. The molecule has 0 radical (unpaired) electrons. The van der Waals surface area contributed by atoms with E-state index < -0.39 is 0 Å². The van der Waals surface area contributed by atoms with E-state index in [2.05, 4.69) is 29.1 Å². The van der Waals surface area contributed by atoms with Gasteiger partial charge in [-0.05, 0) is 37.8 Å². The molecule has 0 spiro atoms. The number of nitrogens with one attached hydrogen (secondary N) is 2. The number of benzene rings is 1. The minimum Gasteiger partial charge on any atom is -0.353 e.